The molecule has 4 N–H and O–H groups in total. The molecule has 4 saturated heterocycles. The molecule has 0 saturated carbocycles. The fraction of sp³-hybridized carbons (Fsp3) is 0.684. The number of hydrogen-bond donors (Lipinski definition) is 4. The van der Waals surface area contributed by atoms with Crippen molar-refractivity contribution < 1.29 is 19.8 Å². The highest BCUT2D eigenvalue weighted by Gasteiger charge is 2.52. The van der Waals surface area contributed by atoms with E-state index in [1.54, 1.807) is 0 Å². The summed E-state index contributed by atoms with van der Waals surface area (Å²) in [4.78, 5) is 29.6. The largest absolute Gasteiger partial charge is 0.379 e. The van der Waals surface area contributed by atoms with Gasteiger partial charge >= 0.3 is 0 Å². The molecule has 0 aromatic carbocycles. The molecular weight excluding hydrogens is 384 g/mol. The Labute approximate surface area is 170 Å². The van der Waals surface area contributed by atoms with E-state index in [2.05, 4.69) is 15.5 Å². The van der Waals surface area contributed by atoms with E-state index in [0.717, 1.165) is 31.6 Å². The molecule has 4 heterocycles. The second-order valence-corrected chi connectivity index (χ2v) is 8.27. The minimum absolute atomic E-state index is 0. The van der Waals surface area contributed by atoms with E-state index in [1.165, 1.54) is 4.90 Å². The minimum Gasteiger partial charge on any atom is -0.379 e. The zero-order valence-electron chi connectivity index (χ0n) is 15.5. The summed E-state index contributed by atoms with van der Waals surface area (Å²) in [7, 11) is 0. The number of likely N-dealkylation sites (tertiary alicyclic amines) is 1. The Bertz CT molecular complexity index is 713. The topological polar surface area (TPSA) is 105 Å². The Kier molecular flexibility index (Phi) is 5.26. The van der Waals surface area contributed by atoms with Gasteiger partial charge in [-0.2, -0.15) is 0 Å². The van der Waals surface area contributed by atoms with E-state index >= 15 is 0 Å². The lowest BCUT2D eigenvalue weighted by atomic mass is 9.89. The van der Waals surface area contributed by atoms with Crippen LogP contribution in [0.2, 0.25) is 0 Å². The van der Waals surface area contributed by atoms with E-state index in [9.17, 15) is 19.8 Å². The number of nitrogens with zero attached hydrogens (tertiary/aromatic N) is 2. The molecular formula is C19H27ClN4O4. The summed E-state index contributed by atoms with van der Waals surface area (Å²) in [5.74, 6) is -1.47. The molecule has 0 aromatic rings. The zero-order valence-corrected chi connectivity index (χ0v) is 16.3. The number of allylic oxidation sites excluding steroid dienone is 1. The van der Waals surface area contributed by atoms with Crippen LogP contribution in [0.25, 0.3) is 0 Å². The third kappa shape index (κ3) is 2.98. The van der Waals surface area contributed by atoms with Gasteiger partial charge in [-0.15, -0.1) is 12.4 Å². The van der Waals surface area contributed by atoms with Gasteiger partial charge in [0.15, 0.2) is 0 Å². The van der Waals surface area contributed by atoms with Gasteiger partial charge in [0.25, 0.3) is 0 Å². The SMILES string of the molecule is Cl.O=C1C2C=CC(N3C4CCC3CNC4)=CC2C(=O)N1C1CCC(O)NC1O. The van der Waals surface area contributed by atoms with Gasteiger partial charge in [0.05, 0.1) is 17.9 Å². The molecule has 0 spiro atoms. The monoisotopic (exact) mass is 410 g/mol. The van der Waals surface area contributed by atoms with Crippen LogP contribution in [0.1, 0.15) is 25.7 Å². The standard InChI is InChI=1S/C19H26N4O4.ClH/c24-16-6-5-15(17(25)21-16)23-18(26)13-4-3-10(7-14(13)19(23)27)22-11-1-2-12(22)9-20-8-11;/h3-4,7,11-17,20-21,24-25H,1-2,5-6,8-9H2;1H. The number of fused-ring (bicyclic) bond motifs is 3. The van der Waals surface area contributed by atoms with Crippen LogP contribution in [0.15, 0.2) is 23.9 Å². The van der Waals surface area contributed by atoms with Crippen LogP contribution in [0.4, 0.5) is 0 Å². The van der Waals surface area contributed by atoms with E-state index in [-0.39, 0.29) is 24.2 Å². The molecule has 2 bridgehead atoms. The van der Waals surface area contributed by atoms with Crippen LogP contribution in [-0.4, -0.2) is 75.5 Å². The molecule has 0 aromatic heterocycles. The number of amides is 2. The van der Waals surface area contributed by atoms with Crippen molar-refractivity contribution in [1.82, 2.24) is 20.4 Å². The average molecular weight is 411 g/mol. The fourth-order valence-electron chi connectivity index (χ4n) is 5.40. The lowest BCUT2D eigenvalue weighted by Gasteiger charge is -2.39. The maximum absolute atomic E-state index is 13.1. The van der Waals surface area contributed by atoms with Crippen molar-refractivity contribution in [3.63, 3.8) is 0 Å². The van der Waals surface area contributed by atoms with Crippen molar-refractivity contribution >= 4 is 24.2 Å². The molecule has 5 aliphatic rings. The molecule has 7 atom stereocenters. The smallest absolute Gasteiger partial charge is 0.237 e. The van der Waals surface area contributed by atoms with Crippen molar-refractivity contribution in [3.05, 3.63) is 23.9 Å². The lowest BCUT2D eigenvalue weighted by Crippen LogP contribution is -2.58. The number of carbonyl (C=O) groups is 2. The summed E-state index contributed by atoms with van der Waals surface area (Å²) >= 11 is 0. The first kappa shape index (κ1) is 19.8. The molecule has 0 radical (unpaired) electrons. The van der Waals surface area contributed by atoms with Crippen LogP contribution >= 0.6 is 12.4 Å². The molecule has 2 amide bonds. The van der Waals surface area contributed by atoms with Gasteiger partial charge in [-0.1, -0.05) is 6.08 Å². The second kappa shape index (κ2) is 7.42. The van der Waals surface area contributed by atoms with E-state index < -0.39 is 30.3 Å². The molecule has 28 heavy (non-hydrogen) atoms. The number of aliphatic hydroxyl groups excluding tert-OH is 2. The normalized spacial score (nSPS) is 42.4. The summed E-state index contributed by atoms with van der Waals surface area (Å²) in [6, 6.07) is 0.273. The van der Waals surface area contributed by atoms with Crippen LogP contribution in [-0.2, 0) is 9.59 Å². The number of carbonyl (C=O) groups excluding carboxylic acids is 2. The molecule has 4 fully saturated rings. The van der Waals surface area contributed by atoms with Gasteiger partial charge in [-0.3, -0.25) is 19.8 Å². The number of aliphatic hydroxyl groups is 2. The number of halogens is 1. The number of piperidine rings is 1. The summed E-state index contributed by atoms with van der Waals surface area (Å²) in [6.07, 6.45) is 7.00. The molecule has 4 aliphatic heterocycles. The van der Waals surface area contributed by atoms with E-state index in [0.29, 0.717) is 24.9 Å². The maximum Gasteiger partial charge on any atom is 0.237 e. The van der Waals surface area contributed by atoms with Crippen molar-refractivity contribution in [2.45, 2.75) is 56.3 Å². The first-order valence-electron chi connectivity index (χ1n) is 9.93. The second-order valence-electron chi connectivity index (χ2n) is 8.27. The highest BCUT2D eigenvalue weighted by molar-refractivity contribution is 6.07. The first-order valence-corrected chi connectivity index (χ1v) is 9.93. The Balaban J connectivity index is 0.00000192. The van der Waals surface area contributed by atoms with E-state index in [4.69, 9.17) is 0 Å². The predicted molar refractivity (Wildman–Crippen MR) is 103 cm³/mol. The molecule has 7 unspecified atom stereocenters. The van der Waals surface area contributed by atoms with Crippen LogP contribution in [0.3, 0.4) is 0 Å². The number of hydrogen-bond acceptors (Lipinski definition) is 7. The van der Waals surface area contributed by atoms with Crippen molar-refractivity contribution in [3.8, 4) is 0 Å². The average Bonchev–Trinajstić information content (AvgIpc) is 3.05. The quantitative estimate of drug-likeness (QED) is 0.446. The highest BCUT2D eigenvalue weighted by Crippen LogP contribution is 2.39. The van der Waals surface area contributed by atoms with Gasteiger partial charge in [0.2, 0.25) is 11.8 Å². The lowest BCUT2D eigenvalue weighted by molar-refractivity contribution is -0.149. The Morgan fingerprint density at radius 2 is 1.64 bits per heavy atom. The number of rotatable bonds is 2. The predicted octanol–water partition coefficient (Wildman–Crippen LogP) is -0.712. The van der Waals surface area contributed by atoms with Gasteiger partial charge in [0.1, 0.15) is 12.5 Å². The maximum atomic E-state index is 13.1. The third-order valence-electron chi connectivity index (χ3n) is 6.73. The molecule has 5 rings (SSSR count). The summed E-state index contributed by atoms with van der Waals surface area (Å²) in [5.41, 5.74) is 1.05. The fourth-order valence-corrected chi connectivity index (χ4v) is 5.40. The van der Waals surface area contributed by atoms with Gasteiger partial charge in [-0.05, 0) is 37.8 Å². The molecule has 9 heteroatoms. The van der Waals surface area contributed by atoms with E-state index in [1.807, 2.05) is 18.2 Å². The van der Waals surface area contributed by atoms with Crippen LogP contribution in [0, 0.1) is 11.8 Å². The first-order chi connectivity index (χ1) is 13.0. The number of piperazine rings is 1. The highest BCUT2D eigenvalue weighted by atomic mass is 35.5. The summed E-state index contributed by atoms with van der Waals surface area (Å²) in [5, 5.41) is 25.9. The van der Waals surface area contributed by atoms with Gasteiger partial charge in [-0.25, -0.2) is 0 Å². The van der Waals surface area contributed by atoms with Crippen molar-refractivity contribution in [2.24, 2.45) is 11.8 Å². The van der Waals surface area contributed by atoms with Crippen LogP contribution < -0.4 is 10.6 Å². The number of imide groups is 1. The Morgan fingerprint density at radius 1 is 0.964 bits per heavy atom. The van der Waals surface area contributed by atoms with Crippen molar-refractivity contribution in [1.29, 1.82) is 0 Å². The minimum atomic E-state index is -1.10. The van der Waals surface area contributed by atoms with Crippen molar-refractivity contribution in [2.75, 3.05) is 13.1 Å². The zero-order chi connectivity index (χ0) is 18.7. The Hall–Kier alpha value is -1.45. The molecule has 8 nitrogen and oxygen atoms in total. The molecule has 1 aliphatic carbocycles. The van der Waals surface area contributed by atoms with Crippen LogP contribution in [0.5, 0.6) is 0 Å². The summed E-state index contributed by atoms with van der Waals surface area (Å²) in [6.45, 7) is 1.91. The third-order valence-corrected chi connectivity index (χ3v) is 6.73. The van der Waals surface area contributed by atoms with Gasteiger partial charge < -0.3 is 20.4 Å². The number of nitrogens with one attached hydrogen (secondary N) is 2. The molecule has 154 valence electrons. The Morgan fingerprint density at radius 3 is 2.32 bits per heavy atom. The van der Waals surface area contributed by atoms with Gasteiger partial charge in [0, 0.05) is 30.9 Å². The summed E-state index contributed by atoms with van der Waals surface area (Å²) < 4.78 is 0.